The summed E-state index contributed by atoms with van der Waals surface area (Å²) >= 11 is 1.75. The normalized spacial score (nSPS) is 14.0. The second kappa shape index (κ2) is 6.29. The van der Waals surface area contributed by atoms with Crippen LogP contribution in [0.25, 0.3) is 10.1 Å². The highest BCUT2D eigenvalue weighted by atomic mass is 32.1. The fourth-order valence-electron chi connectivity index (χ4n) is 2.44. The van der Waals surface area contributed by atoms with Gasteiger partial charge in [-0.2, -0.15) is 0 Å². The lowest BCUT2D eigenvalue weighted by molar-refractivity contribution is 0.187. The van der Waals surface area contributed by atoms with Gasteiger partial charge in [0.15, 0.2) is 0 Å². The summed E-state index contributed by atoms with van der Waals surface area (Å²) in [5.74, 6) is 0.899. The van der Waals surface area contributed by atoms with Crippen molar-refractivity contribution in [2.24, 2.45) is 5.73 Å². The van der Waals surface area contributed by atoms with Crippen molar-refractivity contribution in [2.45, 2.75) is 25.5 Å². The number of thiophene rings is 1. The maximum Gasteiger partial charge on any atom is 0.125 e. The average molecular weight is 297 g/mol. The second-order valence-corrected chi connectivity index (χ2v) is 6.30. The Kier molecular flexibility index (Phi) is 4.23. The van der Waals surface area contributed by atoms with Gasteiger partial charge in [0.2, 0.25) is 0 Å². The predicted molar refractivity (Wildman–Crippen MR) is 89.9 cm³/mol. The Morgan fingerprint density at radius 2 is 1.90 bits per heavy atom. The van der Waals surface area contributed by atoms with E-state index >= 15 is 0 Å². The van der Waals surface area contributed by atoms with Gasteiger partial charge in [-0.1, -0.05) is 30.3 Å². The van der Waals surface area contributed by atoms with Crippen LogP contribution in [0, 0.1) is 0 Å². The average Bonchev–Trinajstić information content (AvgIpc) is 2.94. The largest absolute Gasteiger partial charge is 0.486 e. The van der Waals surface area contributed by atoms with Crippen LogP contribution >= 0.6 is 11.3 Å². The molecule has 0 aliphatic rings. The maximum absolute atomic E-state index is 6.21. The van der Waals surface area contributed by atoms with Crippen LogP contribution in [0.1, 0.15) is 25.0 Å². The number of rotatable bonds is 5. The molecule has 0 aliphatic carbocycles. The van der Waals surface area contributed by atoms with Gasteiger partial charge in [-0.3, -0.25) is 0 Å². The van der Waals surface area contributed by atoms with E-state index in [1.807, 2.05) is 31.2 Å². The number of benzene rings is 2. The third kappa shape index (κ3) is 3.43. The van der Waals surface area contributed by atoms with E-state index < -0.39 is 0 Å². The maximum atomic E-state index is 6.21. The highest BCUT2D eigenvalue weighted by molar-refractivity contribution is 7.17. The Morgan fingerprint density at radius 3 is 2.67 bits per heavy atom. The monoisotopic (exact) mass is 297 g/mol. The van der Waals surface area contributed by atoms with E-state index in [9.17, 15) is 0 Å². The van der Waals surface area contributed by atoms with Crippen molar-refractivity contribution in [3.8, 4) is 5.75 Å². The van der Waals surface area contributed by atoms with Crippen molar-refractivity contribution in [1.82, 2.24) is 0 Å². The molecule has 1 aromatic heterocycles. The third-order valence-electron chi connectivity index (χ3n) is 3.46. The Morgan fingerprint density at radius 1 is 1.10 bits per heavy atom. The van der Waals surface area contributed by atoms with Crippen LogP contribution in [0.5, 0.6) is 5.75 Å². The van der Waals surface area contributed by atoms with E-state index in [2.05, 4.69) is 35.7 Å². The lowest BCUT2D eigenvalue weighted by Crippen LogP contribution is -2.21. The summed E-state index contributed by atoms with van der Waals surface area (Å²) in [6.07, 6.45) is 0.786. The van der Waals surface area contributed by atoms with Gasteiger partial charge in [-0.05, 0) is 47.5 Å². The SMILES string of the molecule is CC(N)C[C@H](Oc1ccc2sccc2c1)c1ccccc1. The molecule has 0 bridgehead atoms. The van der Waals surface area contributed by atoms with E-state index in [0.717, 1.165) is 12.2 Å². The van der Waals surface area contributed by atoms with Crippen LogP contribution in [-0.4, -0.2) is 6.04 Å². The van der Waals surface area contributed by atoms with Crippen molar-refractivity contribution in [3.63, 3.8) is 0 Å². The molecule has 3 heteroatoms. The van der Waals surface area contributed by atoms with E-state index in [1.165, 1.54) is 15.6 Å². The molecule has 0 amide bonds. The molecule has 1 unspecified atom stereocenters. The van der Waals surface area contributed by atoms with E-state index in [1.54, 1.807) is 11.3 Å². The lowest BCUT2D eigenvalue weighted by Gasteiger charge is -2.21. The van der Waals surface area contributed by atoms with Crippen LogP contribution in [0.4, 0.5) is 0 Å². The fraction of sp³-hybridized carbons (Fsp3) is 0.222. The van der Waals surface area contributed by atoms with Gasteiger partial charge in [-0.15, -0.1) is 11.3 Å². The van der Waals surface area contributed by atoms with Crippen LogP contribution in [-0.2, 0) is 0 Å². The van der Waals surface area contributed by atoms with Crippen LogP contribution in [0.2, 0.25) is 0 Å². The van der Waals surface area contributed by atoms with Gasteiger partial charge in [0.25, 0.3) is 0 Å². The Bertz CT molecular complexity index is 705. The summed E-state index contributed by atoms with van der Waals surface area (Å²) in [6, 6.07) is 18.7. The first kappa shape index (κ1) is 14.1. The lowest BCUT2D eigenvalue weighted by atomic mass is 10.0. The summed E-state index contributed by atoms with van der Waals surface area (Å²) in [5, 5.41) is 3.33. The van der Waals surface area contributed by atoms with Crippen LogP contribution < -0.4 is 10.5 Å². The Balaban J connectivity index is 1.86. The van der Waals surface area contributed by atoms with Crippen molar-refractivity contribution in [2.75, 3.05) is 0 Å². The molecule has 2 nitrogen and oxygen atoms in total. The quantitative estimate of drug-likeness (QED) is 0.737. The molecule has 21 heavy (non-hydrogen) atoms. The molecule has 3 aromatic rings. The van der Waals surface area contributed by atoms with Crippen LogP contribution in [0.15, 0.2) is 60.0 Å². The van der Waals surface area contributed by atoms with E-state index in [4.69, 9.17) is 10.5 Å². The van der Waals surface area contributed by atoms with Crippen molar-refractivity contribution in [3.05, 3.63) is 65.5 Å². The molecule has 2 aromatic carbocycles. The van der Waals surface area contributed by atoms with Gasteiger partial charge in [-0.25, -0.2) is 0 Å². The van der Waals surface area contributed by atoms with Gasteiger partial charge in [0.1, 0.15) is 11.9 Å². The molecular formula is C18H19NOS. The minimum atomic E-state index is -0.0118. The zero-order valence-corrected chi connectivity index (χ0v) is 12.8. The summed E-state index contributed by atoms with van der Waals surface area (Å²) in [7, 11) is 0. The summed E-state index contributed by atoms with van der Waals surface area (Å²) in [4.78, 5) is 0. The first-order valence-corrected chi connectivity index (χ1v) is 8.05. The Hall–Kier alpha value is -1.84. The molecular weight excluding hydrogens is 278 g/mol. The molecule has 0 aliphatic heterocycles. The van der Waals surface area contributed by atoms with E-state index in [-0.39, 0.29) is 12.1 Å². The van der Waals surface area contributed by atoms with Crippen molar-refractivity contribution >= 4 is 21.4 Å². The number of ether oxygens (including phenoxy) is 1. The molecule has 1 heterocycles. The summed E-state index contributed by atoms with van der Waals surface area (Å²) in [6.45, 7) is 2.02. The standard InChI is InChI=1S/C18H19NOS/c1-13(19)11-17(14-5-3-2-4-6-14)20-16-7-8-18-15(12-16)9-10-21-18/h2-10,12-13,17H,11,19H2,1H3/t13?,17-/m0/s1. The molecule has 0 saturated heterocycles. The first-order chi connectivity index (χ1) is 10.2. The number of hydrogen-bond donors (Lipinski definition) is 1. The van der Waals surface area contributed by atoms with Gasteiger partial charge in [0, 0.05) is 17.2 Å². The van der Waals surface area contributed by atoms with Gasteiger partial charge in [0.05, 0.1) is 0 Å². The Labute approximate surface area is 129 Å². The molecule has 0 fully saturated rings. The minimum absolute atomic E-state index is 0.0118. The highest BCUT2D eigenvalue weighted by Gasteiger charge is 2.15. The summed E-state index contributed by atoms with van der Waals surface area (Å²) < 4.78 is 7.50. The zero-order valence-electron chi connectivity index (χ0n) is 12.0. The van der Waals surface area contributed by atoms with Crippen molar-refractivity contribution in [1.29, 1.82) is 0 Å². The predicted octanol–water partition coefficient (Wildman–Crippen LogP) is 4.76. The van der Waals surface area contributed by atoms with Crippen LogP contribution in [0.3, 0.4) is 0 Å². The fourth-order valence-corrected chi connectivity index (χ4v) is 3.21. The minimum Gasteiger partial charge on any atom is -0.486 e. The van der Waals surface area contributed by atoms with Gasteiger partial charge < -0.3 is 10.5 Å². The second-order valence-electron chi connectivity index (χ2n) is 5.35. The molecule has 2 atom stereocenters. The molecule has 0 saturated carbocycles. The van der Waals surface area contributed by atoms with Crippen molar-refractivity contribution < 1.29 is 4.74 Å². The zero-order chi connectivity index (χ0) is 14.7. The molecule has 0 spiro atoms. The van der Waals surface area contributed by atoms with E-state index in [0.29, 0.717) is 0 Å². The topological polar surface area (TPSA) is 35.2 Å². The highest BCUT2D eigenvalue weighted by Crippen LogP contribution is 2.30. The number of nitrogens with two attached hydrogens (primary N) is 1. The molecule has 0 radical (unpaired) electrons. The van der Waals surface area contributed by atoms with Gasteiger partial charge >= 0.3 is 0 Å². The first-order valence-electron chi connectivity index (χ1n) is 7.17. The smallest absolute Gasteiger partial charge is 0.125 e. The number of hydrogen-bond acceptors (Lipinski definition) is 3. The molecule has 3 rings (SSSR count). The summed E-state index contributed by atoms with van der Waals surface area (Å²) in [5.41, 5.74) is 7.15. The molecule has 108 valence electrons. The molecule has 2 N–H and O–H groups in total. The number of fused-ring (bicyclic) bond motifs is 1. The third-order valence-corrected chi connectivity index (χ3v) is 4.36.